The maximum atomic E-state index is 8.80. The number of nitriles is 1. The first-order valence-electron chi connectivity index (χ1n) is 6.00. The zero-order chi connectivity index (χ0) is 12.8. The largest absolute Gasteiger partial charge is 0.381 e. The molecule has 0 aliphatic carbocycles. The van der Waals surface area contributed by atoms with E-state index in [-0.39, 0.29) is 0 Å². The number of pyridine rings is 1. The summed E-state index contributed by atoms with van der Waals surface area (Å²) >= 11 is 0. The zero-order valence-electron chi connectivity index (χ0n) is 10.4. The molecule has 1 aromatic carbocycles. The third-order valence-corrected chi connectivity index (χ3v) is 2.82. The van der Waals surface area contributed by atoms with Crippen molar-refractivity contribution in [2.75, 3.05) is 5.32 Å². The molecule has 2 rings (SSSR count). The lowest BCUT2D eigenvalue weighted by molar-refractivity contribution is 1.08. The van der Waals surface area contributed by atoms with Crippen molar-refractivity contribution in [3.05, 3.63) is 59.4 Å². The summed E-state index contributed by atoms with van der Waals surface area (Å²) in [6.07, 6.45) is 2.67. The molecule has 0 bridgehead atoms. The standard InChI is InChI=1S/C15H15N3/c1-2-13-5-3-4-6-15(13)18-11-12-7-8-17-14(9-12)10-16/h3-9,18H,2,11H2,1H3. The minimum absolute atomic E-state index is 0.457. The van der Waals surface area contributed by atoms with Crippen LogP contribution < -0.4 is 5.32 Å². The molecule has 3 nitrogen and oxygen atoms in total. The van der Waals surface area contributed by atoms with Crippen molar-refractivity contribution < 1.29 is 0 Å². The van der Waals surface area contributed by atoms with Crippen molar-refractivity contribution >= 4 is 5.69 Å². The van der Waals surface area contributed by atoms with Gasteiger partial charge in [-0.15, -0.1) is 0 Å². The van der Waals surface area contributed by atoms with Gasteiger partial charge in [-0.2, -0.15) is 5.26 Å². The molecular formula is C15H15N3. The van der Waals surface area contributed by atoms with Gasteiger partial charge < -0.3 is 5.32 Å². The van der Waals surface area contributed by atoms with Gasteiger partial charge in [0.05, 0.1) is 0 Å². The highest BCUT2D eigenvalue weighted by atomic mass is 14.9. The minimum atomic E-state index is 0.457. The van der Waals surface area contributed by atoms with E-state index >= 15 is 0 Å². The van der Waals surface area contributed by atoms with Crippen LogP contribution in [0.4, 0.5) is 5.69 Å². The Kier molecular flexibility index (Phi) is 3.93. The summed E-state index contributed by atoms with van der Waals surface area (Å²) in [6.45, 7) is 2.84. The molecule has 1 N–H and O–H groups in total. The highest BCUT2D eigenvalue weighted by Crippen LogP contribution is 2.16. The molecule has 1 heterocycles. The van der Waals surface area contributed by atoms with Crippen molar-refractivity contribution in [1.29, 1.82) is 5.26 Å². The summed E-state index contributed by atoms with van der Waals surface area (Å²) < 4.78 is 0. The monoisotopic (exact) mass is 237 g/mol. The number of benzene rings is 1. The second kappa shape index (κ2) is 5.83. The number of hydrogen-bond acceptors (Lipinski definition) is 3. The molecule has 3 heteroatoms. The van der Waals surface area contributed by atoms with Gasteiger partial charge in [0.25, 0.3) is 0 Å². The van der Waals surface area contributed by atoms with Crippen LogP contribution in [0.25, 0.3) is 0 Å². The van der Waals surface area contributed by atoms with Gasteiger partial charge in [-0.05, 0) is 35.7 Å². The highest BCUT2D eigenvalue weighted by molar-refractivity contribution is 5.51. The lowest BCUT2D eigenvalue weighted by atomic mass is 10.1. The molecule has 18 heavy (non-hydrogen) atoms. The van der Waals surface area contributed by atoms with E-state index in [2.05, 4.69) is 29.4 Å². The Morgan fingerprint density at radius 1 is 1.28 bits per heavy atom. The average molecular weight is 237 g/mol. The Balaban J connectivity index is 2.09. The van der Waals surface area contributed by atoms with Gasteiger partial charge in [0, 0.05) is 18.4 Å². The normalized spacial score (nSPS) is 9.78. The Morgan fingerprint density at radius 2 is 2.11 bits per heavy atom. The summed E-state index contributed by atoms with van der Waals surface area (Å²) in [5.74, 6) is 0. The van der Waals surface area contributed by atoms with E-state index in [1.54, 1.807) is 6.20 Å². The molecule has 0 amide bonds. The molecule has 0 saturated carbocycles. The maximum Gasteiger partial charge on any atom is 0.140 e. The summed E-state index contributed by atoms with van der Waals surface area (Å²) in [4.78, 5) is 3.96. The zero-order valence-corrected chi connectivity index (χ0v) is 10.4. The second-order valence-electron chi connectivity index (χ2n) is 4.03. The molecule has 0 fully saturated rings. The highest BCUT2D eigenvalue weighted by Gasteiger charge is 2.00. The smallest absolute Gasteiger partial charge is 0.140 e. The van der Waals surface area contributed by atoms with Gasteiger partial charge in [0.1, 0.15) is 11.8 Å². The van der Waals surface area contributed by atoms with E-state index in [1.165, 1.54) is 5.56 Å². The summed E-state index contributed by atoms with van der Waals surface area (Å²) in [5.41, 5.74) is 3.97. The van der Waals surface area contributed by atoms with E-state index in [4.69, 9.17) is 5.26 Å². The van der Waals surface area contributed by atoms with Crippen molar-refractivity contribution in [2.45, 2.75) is 19.9 Å². The van der Waals surface area contributed by atoms with E-state index in [9.17, 15) is 0 Å². The molecule has 0 radical (unpaired) electrons. The number of nitrogens with one attached hydrogen (secondary N) is 1. The molecule has 1 aromatic heterocycles. The summed E-state index contributed by atoms with van der Waals surface area (Å²) in [5, 5.41) is 12.2. The summed E-state index contributed by atoms with van der Waals surface area (Å²) in [6, 6.07) is 14.0. The van der Waals surface area contributed by atoms with Crippen LogP contribution in [-0.4, -0.2) is 4.98 Å². The van der Waals surface area contributed by atoms with Gasteiger partial charge >= 0.3 is 0 Å². The number of aromatic nitrogens is 1. The number of aryl methyl sites for hydroxylation is 1. The minimum Gasteiger partial charge on any atom is -0.381 e. The third kappa shape index (κ3) is 2.86. The Bertz CT molecular complexity index is 570. The molecular weight excluding hydrogens is 222 g/mol. The molecule has 2 aromatic rings. The Labute approximate surface area is 107 Å². The van der Waals surface area contributed by atoms with Crippen molar-refractivity contribution in [3.8, 4) is 6.07 Å². The first-order chi connectivity index (χ1) is 8.83. The Morgan fingerprint density at radius 3 is 2.89 bits per heavy atom. The summed E-state index contributed by atoms with van der Waals surface area (Å²) in [7, 11) is 0. The predicted molar refractivity (Wildman–Crippen MR) is 72.1 cm³/mol. The molecule has 0 aliphatic rings. The number of nitrogens with zero attached hydrogens (tertiary/aromatic N) is 2. The molecule has 0 atom stereocenters. The molecule has 90 valence electrons. The van der Waals surface area contributed by atoms with Crippen molar-refractivity contribution in [3.63, 3.8) is 0 Å². The first kappa shape index (κ1) is 12.1. The van der Waals surface area contributed by atoms with Crippen LogP contribution in [-0.2, 0) is 13.0 Å². The van der Waals surface area contributed by atoms with Crippen LogP contribution in [0.5, 0.6) is 0 Å². The van der Waals surface area contributed by atoms with Gasteiger partial charge in [0.15, 0.2) is 0 Å². The SMILES string of the molecule is CCc1ccccc1NCc1ccnc(C#N)c1. The lowest BCUT2D eigenvalue weighted by Crippen LogP contribution is -2.02. The maximum absolute atomic E-state index is 8.80. The van der Waals surface area contributed by atoms with E-state index in [0.29, 0.717) is 12.2 Å². The van der Waals surface area contributed by atoms with Gasteiger partial charge in [0.2, 0.25) is 0 Å². The first-order valence-corrected chi connectivity index (χ1v) is 6.00. The van der Waals surface area contributed by atoms with Crippen LogP contribution >= 0.6 is 0 Å². The fraction of sp³-hybridized carbons (Fsp3) is 0.200. The van der Waals surface area contributed by atoms with E-state index in [0.717, 1.165) is 17.7 Å². The van der Waals surface area contributed by atoms with Crippen LogP contribution in [0.2, 0.25) is 0 Å². The lowest BCUT2D eigenvalue weighted by Gasteiger charge is -2.10. The average Bonchev–Trinajstić information content (AvgIpc) is 2.45. The van der Waals surface area contributed by atoms with Crippen LogP contribution in [0.1, 0.15) is 23.7 Å². The van der Waals surface area contributed by atoms with Gasteiger partial charge in [-0.1, -0.05) is 25.1 Å². The predicted octanol–water partition coefficient (Wildman–Crippen LogP) is 3.13. The van der Waals surface area contributed by atoms with Crippen LogP contribution in [0.15, 0.2) is 42.6 Å². The van der Waals surface area contributed by atoms with Gasteiger partial charge in [-0.3, -0.25) is 0 Å². The van der Waals surface area contributed by atoms with E-state index < -0.39 is 0 Å². The molecule has 0 spiro atoms. The fourth-order valence-electron chi connectivity index (χ4n) is 1.84. The van der Waals surface area contributed by atoms with E-state index in [1.807, 2.05) is 30.3 Å². The van der Waals surface area contributed by atoms with Gasteiger partial charge in [-0.25, -0.2) is 4.98 Å². The third-order valence-electron chi connectivity index (χ3n) is 2.82. The van der Waals surface area contributed by atoms with Crippen LogP contribution in [0, 0.1) is 11.3 Å². The van der Waals surface area contributed by atoms with Crippen molar-refractivity contribution in [1.82, 2.24) is 4.98 Å². The topological polar surface area (TPSA) is 48.7 Å². The molecule has 0 aliphatic heterocycles. The van der Waals surface area contributed by atoms with Crippen LogP contribution in [0.3, 0.4) is 0 Å². The molecule has 0 saturated heterocycles. The number of para-hydroxylation sites is 1. The second-order valence-corrected chi connectivity index (χ2v) is 4.03. The quantitative estimate of drug-likeness (QED) is 0.888. The fourth-order valence-corrected chi connectivity index (χ4v) is 1.84. The Hall–Kier alpha value is -2.34. The number of rotatable bonds is 4. The number of hydrogen-bond donors (Lipinski definition) is 1. The van der Waals surface area contributed by atoms with Crippen molar-refractivity contribution in [2.24, 2.45) is 0 Å². The number of anilines is 1. The molecule has 0 unspecified atom stereocenters.